The summed E-state index contributed by atoms with van der Waals surface area (Å²) >= 11 is 1.11. The van der Waals surface area contributed by atoms with Crippen molar-refractivity contribution >= 4 is 29.3 Å². The van der Waals surface area contributed by atoms with Crippen molar-refractivity contribution < 1.29 is 19.6 Å². The molecule has 8 nitrogen and oxygen atoms in total. The molecular formula is C13H17N3O5S. The summed E-state index contributed by atoms with van der Waals surface area (Å²) in [6.45, 7) is 3.45. The molecule has 9 heteroatoms. The third-order valence-electron chi connectivity index (χ3n) is 2.79. The van der Waals surface area contributed by atoms with E-state index in [0.29, 0.717) is 17.9 Å². The van der Waals surface area contributed by atoms with Crippen molar-refractivity contribution in [1.29, 1.82) is 0 Å². The highest BCUT2D eigenvalue weighted by molar-refractivity contribution is 8.00. The molecule has 2 N–H and O–H groups in total. The first-order chi connectivity index (χ1) is 10.3. The number of nitrogens with one attached hydrogen (secondary N) is 1. The van der Waals surface area contributed by atoms with E-state index in [9.17, 15) is 19.7 Å². The number of aromatic nitrogens is 1. The van der Waals surface area contributed by atoms with Gasteiger partial charge in [-0.05, 0) is 19.4 Å². The van der Waals surface area contributed by atoms with Crippen LogP contribution in [-0.2, 0) is 9.59 Å². The molecular weight excluding hydrogens is 310 g/mol. The molecule has 1 amide bonds. The molecule has 22 heavy (non-hydrogen) atoms. The van der Waals surface area contributed by atoms with E-state index in [4.69, 9.17) is 5.11 Å². The van der Waals surface area contributed by atoms with E-state index < -0.39 is 28.1 Å². The van der Waals surface area contributed by atoms with Gasteiger partial charge in [0.15, 0.2) is 0 Å². The van der Waals surface area contributed by atoms with E-state index in [1.54, 1.807) is 6.92 Å². The van der Waals surface area contributed by atoms with Crippen LogP contribution in [0.5, 0.6) is 0 Å². The van der Waals surface area contributed by atoms with Gasteiger partial charge in [-0.2, -0.15) is 0 Å². The van der Waals surface area contributed by atoms with Crippen molar-refractivity contribution in [1.82, 2.24) is 10.3 Å². The van der Waals surface area contributed by atoms with Gasteiger partial charge in [0.2, 0.25) is 5.91 Å². The maximum Gasteiger partial charge on any atom is 0.326 e. The third-order valence-corrected chi connectivity index (χ3v) is 3.84. The van der Waals surface area contributed by atoms with Crippen molar-refractivity contribution in [3.05, 3.63) is 28.4 Å². The molecule has 1 aromatic heterocycles. The quantitative estimate of drug-likeness (QED) is 0.424. The molecule has 2 unspecified atom stereocenters. The zero-order chi connectivity index (χ0) is 16.7. The second-order valence-electron chi connectivity index (χ2n) is 4.56. The summed E-state index contributed by atoms with van der Waals surface area (Å²) in [6, 6.07) is 1.84. The van der Waals surface area contributed by atoms with Gasteiger partial charge in [0.05, 0.1) is 15.2 Å². The summed E-state index contributed by atoms with van der Waals surface area (Å²) in [5, 5.41) is 21.9. The minimum Gasteiger partial charge on any atom is -0.480 e. The van der Waals surface area contributed by atoms with Crippen molar-refractivity contribution in [3.8, 4) is 0 Å². The van der Waals surface area contributed by atoms with E-state index in [0.717, 1.165) is 18.0 Å². The number of carboxylic acid groups (broad SMARTS) is 1. The SMILES string of the molecule is CCCC(NC(=O)C(C)Sc1ccc([N+](=O)[O-])cn1)C(=O)O. The fraction of sp³-hybridized carbons (Fsp3) is 0.462. The summed E-state index contributed by atoms with van der Waals surface area (Å²) < 4.78 is 0. The molecule has 0 saturated carbocycles. The first kappa shape index (κ1) is 17.9. The molecule has 0 spiro atoms. The van der Waals surface area contributed by atoms with Crippen molar-refractivity contribution in [2.75, 3.05) is 0 Å². The summed E-state index contributed by atoms with van der Waals surface area (Å²) in [4.78, 5) is 36.9. The maximum absolute atomic E-state index is 12.0. The van der Waals surface area contributed by atoms with E-state index in [-0.39, 0.29) is 5.69 Å². The number of rotatable bonds is 8. The Balaban J connectivity index is 2.63. The second kappa shape index (κ2) is 8.32. The summed E-state index contributed by atoms with van der Waals surface area (Å²) in [5.41, 5.74) is -0.129. The van der Waals surface area contributed by atoms with Crippen LogP contribution in [0.2, 0.25) is 0 Å². The molecule has 0 saturated heterocycles. The van der Waals surface area contributed by atoms with Crippen LogP contribution in [0.1, 0.15) is 26.7 Å². The third kappa shape index (κ3) is 5.32. The number of carbonyl (C=O) groups excluding carboxylic acids is 1. The molecule has 1 aromatic rings. The van der Waals surface area contributed by atoms with Crippen molar-refractivity contribution in [2.45, 2.75) is 43.0 Å². The number of carboxylic acids is 1. The number of pyridine rings is 1. The fourth-order valence-electron chi connectivity index (χ4n) is 1.62. The highest BCUT2D eigenvalue weighted by atomic mass is 32.2. The molecule has 0 aliphatic rings. The average molecular weight is 327 g/mol. The Bertz CT molecular complexity index is 549. The Morgan fingerprint density at radius 2 is 2.18 bits per heavy atom. The number of thioether (sulfide) groups is 1. The largest absolute Gasteiger partial charge is 0.480 e. The smallest absolute Gasteiger partial charge is 0.326 e. The molecule has 0 radical (unpaired) electrons. The van der Waals surface area contributed by atoms with Gasteiger partial charge in [-0.1, -0.05) is 25.1 Å². The highest BCUT2D eigenvalue weighted by Crippen LogP contribution is 2.23. The Morgan fingerprint density at radius 1 is 1.50 bits per heavy atom. The molecule has 1 rings (SSSR count). The minimum atomic E-state index is -1.07. The van der Waals surface area contributed by atoms with Crippen LogP contribution in [0.25, 0.3) is 0 Å². The Kier molecular flexibility index (Phi) is 6.77. The number of carbonyl (C=O) groups is 2. The normalized spacial score (nSPS) is 13.2. The highest BCUT2D eigenvalue weighted by Gasteiger charge is 2.23. The van der Waals surface area contributed by atoms with Crippen LogP contribution in [0.4, 0.5) is 5.69 Å². The molecule has 0 bridgehead atoms. The lowest BCUT2D eigenvalue weighted by Gasteiger charge is -2.16. The van der Waals surface area contributed by atoms with Gasteiger partial charge in [-0.3, -0.25) is 14.9 Å². The Morgan fingerprint density at radius 3 is 2.64 bits per heavy atom. The lowest BCUT2D eigenvalue weighted by Crippen LogP contribution is -2.43. The second-order valence-corrected chi connectivity index (χ2v) is 5.92. The number of hydrogen-bond acceptors (Lipinski definition) is 6. The lowest BCUT2D eigenvalue weighted by molar-refractivity contribution is -0.385. The van der Waals surface area contributed by atoms with Crippen LogP contribution in [-0.4, -0.2) is 38.2 Å². The van der Waals surface area contributed by atoms with Gasteiger partial charge in [-0.15, -0.1) is 0 Å². The van der Waals surface area contributed by atoms with Gasteiger partial charge in [0, 0.05) is 6.07 Å². The van der Waals surface area contributed by atoms with Crippen LogP contribution >= 0.6 is 11.8 Å². The molecule has 0 aliphatic carbocycles. The molecule has 2 atom stereocenters. The predicted octanol–water partition coefficient (Wildman–Crippen LogP) is 1.84. The summed E-state index contributed by atoms with van der Waals surface area (Å²) in [6.07, 6.45) is 2.11. The Hall–Kier alpha value is -2.16. The zero-order valence-electron chi connectivity index (χ0n) is 12.2. The zero-order valence-corrected chi connectivity index (χ0v) is 13.0. The van der Waals surface area contributed by atoms with Gasteiger partial charge < -0.3 is 10.4 Å². The standard InChI is InChI=1S/C13H17N3O5S/c1-3-4-10(13(18)19)15-12(17)8(2)22-11-6-5-9(7-14-11)16(20)21/h5-8,10H,3-4H2,1-2H3,(H,15,17)(H,18,19). The van der Waals surface area contributed by atoms with Crippen molar-refractivity contribution in [2.24, 2.45) is 0 Å². The van der Waals surface area contributed by atoms with Gasteiger partial charge >= 0.3 is 5.97 Å². The van der Waals surface area contributed by atoms with Gasteiger partial charge in [0.1, 0.15) is 12.2 Å². The number of nitrogens with zero attached hydrogens (tertiary/aromatic N) is 2. The van der Waals surface area contributed by atoms with Crippen molar-refractivity contribution in [3.63, 3.8) is 0 Å². The molecule has 0 aromatic carbocycles. The number of nitro groups is 1. The van der Waals surface area contributed by atoms with E-state index >= 15 is 0 Å². The molecule has 120 valence electrons. The molecule has 0 aliphatic heterocycles. The minimum absolute atomic E-state index is 0.129. The predicted molar refractivity (Wildman–Crippen MR) is 80.7 cm³/mol. The first-order valence-corrected chi connectivity index (χ1v) is 7.53. The topological polar surface area (TPSA) is 122 Å². The number of amides is 1. The summed E-state index contributed by atoms with van der Waals surface area (Å²) in [5.74, 6) is -1.48. The van der Waals surface area contributed by atoms with E-state index in [1.165, 1.54) is 12.1 Å². The van der Waals surface area contributed by atoms with Gasteiger partial charge in [0.25, 0.3) is 5.69 Å². The molecule has 0 fully saturated rings. The summed E-state index contributed by atoms with van der Waals surface area (Å²) in [7, 11) is 0. The van der Waals surface area contributed by atoms with Crippen LogP contribution in [0.3, 0.4) is 0 Å². The van der Waals surface area contributed by atoms with Gasteiger partial charge in [-0.25, -0.2) is 9.78 Å². The number of hydrogen-bond donors (Lipinski definition) is 2. The number of aliphatic carboxylic acids is 1. The Labute approximate surface area is 131 Å². The first-order valence-electron chi connectivity index (χ1n) is 6.65. The van der Waals surface area contributed by atoms with E-state index in [1.807, 2.05) is 6.92 Å². The monoisotopic (exact) mass is 327 g/mol. The van der Waals surface area contributed by atoms with E-state index in [2.05, 4.69) is 10.3 Å². The average Bonchev–Trinajstić information content (AvgIpc) is 2.47. The molecule has 1 heterocycles. The van der Waals surface area contributed by atoms with Crippen LogP contribution in [0.15, 0.2) is 23.4 Å². The van der Waals surface area contributed by atoms with Crippen LogP contribution < -0.4 is 5.32 Å². The lowest BCUT2D eigenvalue weighted by atomic mass is 10.1. The van der Waals surface area contributed by atoms with Crippen LogP contribution in [0, 0.1) is 10.1 Å². The maximum atomic E-state index is 12.0. The fourth-order valence-corrected chi connectivity index (χ4v) is 2.42.